The van der Waals surface area contributed by atoms with Gasteiger partial charge in [0.2, 0.25) is 0 Å². The smallest absolute Gasteiger partial charge is 0.409 e. The molecule has 2 aromatic carbocycles. The van der Waals surface area contributed by atoms with Gasteiger partial charge in [0, 0.05) is 32.3 Å². The molecule has 1 amide bonds. The highest BCUT2D eigenvalue weighted by atomic mass is 79.9. The van der Waals surface area contributed by atoms with E-state index in [1.165, 1.54) is 22.3 Å². The summed E-state index contributed by atoms with van der Waals surface area (Å²) in [5.74, 6) is -0.274. The van der Waals surface area contributed by atoms with Gasteiger partial charge in [0.05, 0.1) is 0 Å². The zero-order valence-electron chi connectivity index (χ0n) is 21.9. The second-order valence-corrected chi connectivity index (χ2v) is 12.0. The number of ether oxygens (including phenoxy) is 2. The van der Waals surface area contributed by atoms with Gasteiger partial charge in [0.15, 0.2) is 0 Å². The zero-order valence-corrected chi connectivity index (χ0v) is 23.5. The van der Waals surface area contributed by atoms with Crippen molar-refractivity contribution in [3.05, 3.63) is 76.3 Å². The van der Waals surface area contributed by atoms with E-state index in [9.17, 15) is 14.7 Å². The molecular formula is C30H32BrN3O5. The Morgan fingerprint density at radius 3 is 2.41 bits per heavy atom. The Morgan fingerprint density at radius 2 is 1.77 bits per heavy atom. The number of hydrogen-bond acceptors (Lipinski definition) is 5. The number of carbonyl (C=O) groups excluding carboxylic acids is 1. The maximum absolute atomic E-state index is 13.4. The molecule has 2 unspecified atom stereocenters. The van der Waals surface area contributed by atoms with Crippen molar-refractivity contribution in [2.75, 3.05) is 26.3 Å². The third-order valence-electron chi connectivity index (χ3n) is 8.70. The molecule has 9 heteroatoms. The Labute approximate surface area is 236 Å². The van der Waals surface area contributed by atoms with Gasteiger partial charge < -0.3 is 24.0 Å². The summed E-state index contributed by atoms with van der Waals surface area (Å²) in [6.45, 7) is 1.11. The largest absolute Gasteiger partial charge is 0.480 e. The molecule has 1 aliphatic heterocycles. The van der Waals surface area contributed by atoms with Crippen LogP contribution in [0.4, 0.5) is 4.79 Å². The number of fused-ring (bicyclic) bond motifs is 3. The minimum Gasteiger partial charge on any atom is -0.480 e. The van der Waals surface area contributed by atoms with Crippen LogP contribution >= 0.6 is 15.9 Å². The number of piperidine rings is 1. The summed E-state index contributed by atoms with van der Waals surface area (Å²) in [5.41, 5.74) is 3.80. The molecule has 2 fully saturated rings. The van der Waals surface area contributed by atoms with E-state index in [1.54, 1.807) is 0 Å². The third kappa shape index (κ3) is 4.76. The van der Waals surface area contributed by atoms with E-state index >= 15 is 0 Å². The minimum atomic E-state index is -1.01. The molecule has 3 aromatic rings. The number of amides is 1. The molecule has 1 saturated heterocycles. The number of imidazole rings is 1. The molecule has 8 nitrogen and oxygen atoms in total. The van der Waals surface area contributed by atoms with Crippen molar-refractivity contribution in [1.82, 2.24) is 14.5 Å². The van der Waals surface area contributed by atoms with Crippen molar-refractivity contribution in [3.8, 4) is 11.1 Å². The number of nitrogens with zero attached hydrogens (tertiary/aromatic N) is 3. The minimum absolute atomic E-state index is 0.0190. The number of carboxylic acid groups (broad SMARTS) is 1. The van der Waals surface area contributed by atoms with Crippen LogP contribution in [0, 0.1) is 5.41 Å². The average molecular weight is 595 g/mol. The lowest BCUT2D eigenvalue weighted by Crippen LogP contribution is -2.46. The molecule has 39 heavy (non-hydrogen) atoms. The van der Waals surface area contributed by atoms with Crippen LogP contribution in [0.25, 0.3) is 11.1 Å². The third-order valence-corrected chi connectivity index (χ3v) is 9.08. The number of carboxylic acids is 1. The van der Waals surface area contributed by atoms with Crippen LogP contribution in [-0.2, 0) is 26.9 Å². The van der Waals surface area contributed by atoms with E-state index in [4.69, 9.17) is 9.47 Å². The lowest BCUT2D eigenvalue weighted by Gasteiger charge is -2.41. The van der Waals surface area contributed by atoms with Gasteiger partial charge in [-0.2, -0.15) is 0 Å². The van der Waals surface area contributed by atoms with Gasteiger partial charge in [0.1, 0.15) is 29.2 Å². The van der Waals surface area contributed by atoms with Crippen LogP contribution in [-0.4, -0.2) is 57.9 Å². The number of aromatic nitrogens is 2. The Balaban J connectivity index is 1.17. The lowest BCUT2D eigenvalue weighted by atomic mass is 9.77. The molecule has 1 spiro atoms. The number of rotatable bonds is 6. The Kier molecular flexibility index (Phi) is 6.75. The standard InChI is InChI=1S/C30H32BrN3O5/c1-33-15-25(31)32-27(33)30(39-17-26(35)36)13-12-29(18-30)11-6-14-34(19-29)28(37)38-16-24-22-9-4-2-7-20(22)21-8-3-5-10-23(21)24/h2-5,7-10,15,24H,6,11-14,16-19H2,1H3,(H,35,36). The van der Waals surface area contributed by atoms with Gasteiger partial charge in [-0.3, -0.25) is 0 Å². The first-order chi connectivity index (χ1) is 18.8. The predicted octanol–water partition coefficient (Wildman–Crippen LogP) is 5.69. The highest BCUT2D eigenvalue weighted by molar-refractivity contribution is 9.10. The number of carbonyl (C=O) groups is 2. The van der Waals surface area contributed by atoms with Crippen LogP contribution < -0.4 is 0 Å². The van der Waals surface area contributed by atoms with Gasteiger partial charge in [-0.15, -0.1) is 0 Å². The molecule has 2 heterocycles. The van der Waals surface area contributed by atoms with E-state index in [0.717, 1.165) is 19.3 Å². The highest BCUT2D eigenvalue weighted by Crippen LogP contribution is 2.55. The summed E-state index contributed by atoms with van der Waals surface area (Å²) in [6.07, 6.45) is 5.46. The Bertz CT molecular complexity index is 1380. The summed E-state index contributed by atoms with van der Waals surface area (Å²) >= 11 is 3.44. The molecule has 0 bridgehead atoms. The SMILES string of the molecule is Cn1cc(Br)nc1C1(OCC(=O)O)CCC2(CCCN(C(=O)OCC3c4ccccc4-c4ccccc43)C2)C1. The average Bonchev–Trinajstić information content (AvgIpc) is 3.57. The number of aliphatic carboxylic acids is 1. The second kappa shape index (κ2) is 10.1. The van der Waals surface area contributed by atoms with E-state index in [-0.39, 0.29) is 17.4 Å². The highest BCUT2D eigenvalue weighted by Gasteiger charge is 2.54. The molecule has 2 atom stereocenters. The fraction of sp³-hybridized carbons (Fsp3) is 0.433. The molecule has 2 aliphatic carbocycles. The van der Waals surface area contributed by atoms with Gasteiger partial charge in [-0.1, -0.05) is 48.5 Å². The predicted molar refractivity (Wildman–Crippen MR) is 148 cm³/mol. The number of likely N-dealkylation sites (tertiary alicyclic amines) is 1. The molecule has 204 valence electrons. The Hall–Kier alpha value is -3.17. The lowest BCUT2D eigenvalue weighted by molar-refractivity contribution is -0.152. The molecular weight excluding hydrogens is 562 g/mol. The van der Waals surface area contributed by atoms with Crippen molar-refractivity contribution in [2.24, 2.45) is 12.5 Å². The first kappa shape index (κ1) is 26.1. The number of halogens is 1. The number of hydrogen-bond donors (Lipinski definition) is 1. The summed E-state index contributed by atoms with van der Waals surface area (Å²) in [5, 5.41) is 9.37. The van der Waals surface area contributed by atoms with E-state index in [2.05, 4.69) is 45.2 Å². The quantitative estimate of drug-likeness (QED) is 0.394. The summed E-state index contributed by atoms with van der Waals surface area (Å²) in [7, 11) is 1.90. The molecule has 1 saturated carbocycles. The van der Waals surface area contributed by atoms with E-state index in [0.29, 0.717) is 43.0 Å². The van der Waals surface area contributed by atoms with Crippen LogP contribution in [0.3, 0.4) is 0 Å². The molecule has 1 aromatic heterocycles. The maximum atomic E-state index is 13.4. The Morgan fingerprint density at radius 1 is 1.08 bits per heavy atom. The van der Waals surface area contributed by atoms with Crippen LogP contribution in [0.5, 0.6) is 0 Å². The first-order valence-corrected chi connectivity index (χ1v) is 14.2. The van der Waals surface area contributed by atoms with Gasteiger partial charge >= 0.3 is 12.1 Å². The van der Waals surface area contributed by atoms with Gasteiger partial charge in [0.25, 0.3) is 0 Å². The van der Waals surface area contributed by atoms with Crippen molar-refractivity contribution < 1.29 is 24.2 Å². The summed E-state index contributed by atoms with van der Waals surface area (Å²) < 4.78 is 14.7. The second-order valence-electron chi connectivity index (χ2n) is 11.2. The van der Waals surface area contributed by atoms with Crippen LogP contribution in [0.15, 0.2) is 59.3 Å². The molecule has 3 aliphatic rings. The molecule has 6 rings (SSSR count). The van der Waals surface area contributed by atoms with Crippen LogP contribution in [0.2, 0.25) is 0 Å². The van der Waals surface area contributed by atoms with Gasteiger partial charge in [-0.25, -0.2) is 14.6 Å². The fourth-order valence-electron chi connectivity index (χ4n) is 7.08. The van der Waals surface area contributed by atoms with Crippen molar-refractivity contribution in [1.29, 1.82) is 0 Å². The topological polar surface area (TPSA) is 93.9 Å². The van der Waals surface area contributed by atoms with Crippen molar-refractivity contribution in [2.45, 2.75) is 43.6 Å². The first-order valence-electron chi connectivity index (χ1n) is 13.4. The summed E-state index contributed by atoms with van der Waals surface area (Å²) in [4.78, 5) is 31.3. The summed E-state index contributed by atoms with van der Waals surface area (Å²) in [6, 6.07) is 16.7. The zero-order chi connectivity index (χ0) is 27.2. The van der Waals surface area contributed by atoms with Crippen molar-refractivity contribution >= 4 is 28.0 Å². The van der Waals surface area contributed by atoms with E-state index in [1.807, 2.05) is 47.0 Å². The monoisotopic (exact) mass is 593 g/mol. The molecule has 1 N–H and O–H groups in total. The fourth-order valence-corrected chi connectivity index (χ4v) is 7.55. The molecule has 0 radical (unpaired) electrons. The normalized spacial score (nSPS) is 24.1. The van der Waals surface area contributed by atoms with E-state index < -0.39 is 18.2 Å². The number of aryl methyl sites for hydroxylation is 1. The van der Waals surface area contributed by atoms with Crippen molar-refractivity contribution in [3.63, 3.8) is 0 Å². The number of benzene rings is 2. The maximum Gasteiger partial charge on any atom is 0.409 e. The van der Waals surface area contributed by atoms with Gasteiger partial charge in [-0.05, 0) is 75.7 Å². The van der Waals surface area contributed by atoms with Crippen LogP contribution in [0.1, 0.15) is 55.0 Å².